The van der Waals surface area contributed by atoms with Crippen LogP contribution in [0.15, 0.2) is 36.5 Å². The molecule has 0 aliphatic carbocycles. The van der Waals surface area contributed by atoms with Crippen LogP contribution in [0.4, 0.5) is 0 Å². The van der Waals surface area contributed by atoms with E-state index in [1.807, 2.05) is 6.08 Å². The number of unbranched alkanes of at least 4 members (excludes halogenated alkanes) is 40. The average molecular weight is 857 g/mol. The zero-order valence-electron chi connectivity index (χ0n) is 41.4. The van der Waals surface area contributed by atoms with Crippen LogP contribution in [0.2, 0.25) is 0 Å². The van der Waals surface area contributed by atoms with Crippen LogP contribution < -0.4 is 5.32 Å². The molecule has 0 aromatic heterocycles. The van der Waals surface area contributed by atoms with Crippen molar-refractivity contribution in [1.82, 2.24) is 5.32 Å². The van der Waals surface area contributed by atoms with E-state index in [1.165, 1.54) is 244 Å². The van der Waals surface area contributed by atoms with Crippen LogP contribution in [0.1, 0.15) is 303 Å². The van der Waals surface area contributed by atoms with E-state index in [0.717, 1.165) is 38.5 Å². The highest BCUT2D eigenvalue weighted by Crippen LogP contribution is 2.17. The molecule has 360 valence electrons. The summed E-state index contributed by atoms with van der Waals surface area (Å²) in [7, 11) is 0. The number of aliphatic hydroxyl groups is 2. The summed E-state index contributed by atoms with van der Waals surface area (Å²) in [5, 5.41) is 23.1. The number of allylic oxidation sites excluding steroid dienone is 5. The summed E-state index contributed by atoms with van der Waals surface area (Å²) in [5.41, 5.74) is 0. The van der Waals surface area contributed by atoms with Crippen LogP contribution in [-0.4, -0.2) is 34.9 Å². The Hall–Kier alpha value is -1.39. The minimum Gasteiger partial charge on any atom is -0.394 e. The number of amides is 1. The minimum absolute atomic E-state index is 0.0736. The molecule has 2 atom stereocenters. The van der Waals surface area contributed by atoms with Crippen molar-refractivity contribution < 1.29 is 15.0 Å². The molecular formula is C57H109NO3. The highest BCUT2D eigenvalue weighted by atomic mass is 16.3. The SMILES string of the molecule is CCCCCCCCCCCCCCCCCCCCCCCC/C=C/CC/C=C/CC/C=C/C(O)C(CO)NC(=O)CCCCCCCCCCCCCCCCCCC. The van der Waals surface area contributed by atoms with Gasteiger partial charge in [0.05, 0.1) is 18.8 Å². The van der Waals surface area contributed by atoms with Gasteiger partial charge in [0, 0.05) is 6.42 Å². The Morgan fingerprint density at radius 3 is 0.951 bits per heavy atom. The molecule has 4 nitrogen and oxygen atoms in total. The molecule has 0 aliphatic rings. The maximum atomic E-state index is 12.4. The van der Waals surface area contributed by atoms with Gasteiger partial charge in [0.25, 0.3) is 0 Å². The number of carbonyl (C=O) groups excluding carboxylic acids is 1. The molecule has 4 heteroatoms. The van der Waals surface area contributed by atoms with E-state index in [0.29, 0.717) is 6.42 Å². The van der Waals surface area contributed by atoms with E-state index >= 15 is 0 Å². The van der Waals surface area contributed by atoms with Gasteiger partial charge >= 0.3 is 0 Å². The lowest BCUT2D eigenvalue weighted by Gasteiger charge is -2.19. The highest BCUT2D eigenvalue weighted by molar-refractivity contribution is 5.76. The van der Waals surface area contributed by atoms with E-state index in [2.05, 4.69) is 43.5 Å². The van der Waals surface area contributed by atoms with Crippen molar-refractivity contribution in [2.24, 2.45) is 0 Å². The van der Waals surface area contributed by atoms with Gasteiger partial charge in [-0.15, -0.1) is 0 Å². The predicted molar refractivity (Wildman–Crippen MR) is 272 cm³/mol. The second kappa shape index (κ2) is 53.0. The molecule has 0 spiro atoms. The molecule has 0 aliphatic heterocycles. The third kappa shape index (κ3) is 49.5. The summed E-state index contributed by atoms with van der Waals surface area (Å²) in [4.78, 5) is 12.4. The molecular weight excluding hydrogens is 747 g/mol. The first-order valence-electron chi connectivity index (χ1n) is 27.7. The molecule has 0 saturated carbocycles. The molecule has 61 heavy (non-hydrogen) atoms. The Kier molecular flexibility index (Phi) is 51.7. The quantitative estimate of drug-likeness (QED) is 0.0422. The van der Waals surface area contributed by atoms with E-state index < -0.39 is 12.1 Å². The first-order valence-corrected chi connectivity index (χ1v) is 27.7. The molecule has 0 aromatic rings. The fraction of sp³-hybridized carbons (Fsp3) is 0.877. The first-order chi connectivity index (χ1) is 30.2. The third-order valence-electron chi connectivity index (χ3n) is 12.9. The lowest BCUT2D eigenvalue weighted by molar-refractivity contribution is -0.123. The molecule has 0 bridgehead atoms. The summed E-state index contributed by atoms with van der Waals surface area (Å²) < 4.78 is 0. The van der Waals surface area contributed by atoms with Crippen LogP contribution in [-0.2, 0) is 4.79 Å². The molecule has 0 aromatic carbocycles. The molecule has 2 unspecified atom stereocenters. The zero-order valence-corrected chi connectivity index (χ0v) is 41.4. The van der Waals surface area contributed by atoms with Gasteiger partial charge in [-0.1, -0.05) is 288 Å². The van der Waals surface area contributed by atoms with Gasteiger partial charge in [0.1, 0.15) is 0 Å². The average Bonchev–Trinajstić information content (AvgIpc) is 3.26. The van der Waals surface area contributed by atoms with Gasteiger partial charge in [0.2, 0.25) is 5.91 Å². The van der Waals surface area contributed by atoms with Crippen molar-refractivity contribution in [3.63, 3.8) is 0 Å². The standard InChI is InChI=1S/C57H109NO3/c1-3-5-7-9-11-13-15-17-19-21-22-23-24-25-26-27-28-29-30-31-32-33-34-35-37-38-40-42-44-46-48-50-52-56(60)55(54-59)58-57(61)53-51-49-47-45-43-41-39-36-20-18-16-14-12-10-8-6-4-2/h35,37,42,44,50,52,55-56,59-60H,3-34,36,38-41,43,45-49,51,53-54H2,1-2H3,(H,58,61)/b37-35+,44-42+,52-50+. The maximum Gasteiger partial charge on any atom is 0.220 e. The van der Waals surface area contributed by atoms with Crippen LogP contribution in [0.25, 0.3) is 0 Å². The van der Waals surface area contributed by atoms with Gasteiger partial charge in [-0.2, -0.15) is 0 Å². The molecule has 1 amide bonds. The molecule has 0 rings (SSSR count). The molecule has 0 radical (unpaired) electrons. The number of carbonyl (C=O) groups is 1. The van der Waals surface area contributed by atoms with E-state index in [-0.39, 0.29) is 12.5 Å². The molecule has 3 N–H and O–H groups in total. The van der Waals surface area contributed by atoms with Gasteiger partial charge in [-0.25, -0.2) is 0 Å². The topological polar surface area (TPSA) is 69.6 Å². The smallest absolute Gasteiger partial charge is 0.220 e. The number of hydrogen-bond donors (Lipinski definition) is 3. The lowest BCUT2D eigenvalue weighted by atomic mass is 10.0. The van der Waals surface area contributed by atoms with Crippen LogP contribution >= 0.6 is 0 Å². The summed E-state index contributed by atoms with van der Waals surface area (Å²) in [6, 6.07) is -0.643. The normalized spacial score (nSPS) is 13.0. The van der Waals surface area contributed by atoms with Crippen LogP contribution in [0.3, 0.4) is 0 Å². The molecule has 0 saturated heterocycles. The summed E-state index contributed by atoms with van der Waals surface area (Å²) in [5.74, 6) is -0.0736. The van der Waals surface area contributed by atoms with Crippen molar-refractivity contribution >= 4 is 5.91 Å². The largest absolute Gasteiger partial charge is 0.394 e. The van der Waals surface area contributed by atoms with Gasteiger partial charge in [0.15, 0.2) is 0 Å². The van der Waals surface area contributed by atoms with Gasteiger partial charge < -0.3 is 15.5 Å². The number of aliphatic hydroxyl groups excluding tert-OH is 2. The Morgan fingerprint density at radius 2 is 0.639 bits per heavy atom. The van der Waals surface area contributed by atoms with E-state index in [1.54, 1.807) is 6.08 Å². The predicted octanol–water partition coefficient (Wildman–Crippen LogP) is 18.1. The Labute approximate surface area is 382 Å². The van der Waals surface area contributed by atoms with E-state index in [4.69, 9.17) is 0 Å². The lowest BCUT2D eigenvalue weighted by Crippen LogP contribution is -2.45. The third-order valence-corrected chi connectivity index (χ3v) is 12.9. The number of hydrogen-bond acceptors (Lipinski definition) is 3. The Balaban J connectivity index is 3.52. The van der Waals surface area contributed by atoms with Crippen molar-refractivity contribution in [3.8, 4) is 0 Å². The summed E-state index contributed by atoms with van der Waals surface area (Å²) in [6.45, 7) is 4.32. The summed E-state index contributed by atoms with van der Waals surface area (Å²) in [6.07, 6.45) is 71.7. The number of nitrogens with one attached hydrogen (secondary N) is 1. The van der Waals surface area contributed by atoms with Crippen LogP contribution in [0, 0.1) is 0 Å². The first kappa shape index (κ1) is 59.6. The Morgan fingerprint density at radius 1 is 0.377 bits per heavy atom. The number of rotatable bonds is 51. The van der Waals surface area contributed by atoms with Crippen molar-refractivity contribution in [3.05, 3.63) is 36.5 Å². The van der Waals surface area contributed by atoms with Crippen molar-refractivity contribution in [2.75, 3.05) is 6.61 Å². The monoisotopic (exact) mass is 856 g/mol. The highest BCUT2D eigenvalue weighted by Gasteiger charge is 2.18. The molecule has 0 heterocycles. The second-order valence-corrected chi connectivity index (χ2v) is 19.0. The summed E-state index contributed by atoms with van der Waals surface area (Å²) >= 11 is 0. The maximum absolute atomic E-state index is 12.4. The minimum atomic E-state index is -0.868. The van der Waals surface area contributed by atoms with Crippen LogP contribution in [0.5, 0.6) is 0 Å². The fourth-order valence-corrected chi connectivity index (χ4v) is 8.63. The van der Waals surface area contributed by atoms with E-state index in [9.17, 15) is 15.0 Å². The second-order valence-electron chi connectivity index (χ2n) is 19.0. The zero-order chi connectivity index (χ0) is 44.2. The van der Waals surface area contributed by atoms with Gasteiger partial charge in [-0.3, -0.25) is 4.79 Å². The fourth-order valence-electron chi connectivity index (χ4n) is 8.63. The van der Waals surface area contributed by atoms with Crippen molar-refractivity contribution in [1.29, 1.82) is 0 Å². The molecule has 0 fully saturated rings. The Bertz CT molecular complexity index is 928. The van der Waals surface area contributed by atoms with Crippen molar-refractivity contribution in [2.45, 2.75) is 315 Å². The van der Waals surface area contributed by atoms with Gasteiger partial charge in [-0.05, 0) is 44.9 Å².